The van der Waals surface area contributed by atoms with E-state index in [-0.39, 0.29) is 35.7 Å². The smallest absolute Gasteiger partial charge is 0.387 e. The SMILES string of the molecule is O=C(CCc1ncc(-c2ccccc2F)o1)Nc1ccc(OC(F)F)c(F)c1. The minimum atomic E-state index is -3.15. The van der Waals surface area contributed by atoms with Crippen LogP contribution in [0.4, 0.5) is 23.2 Å². The molecule has 0 spiro atoms. The summed E-state index contributed by atoms with van der Waals surface area (Å²) in [6.07, 6.45) is 1.46. The van der Waals surface area contributed by atoms with E-state index in [1.807, 2.05) is 0 Å². The zero-order chi connectivity index (χ0) is 20.1. The number of aromatic nitrogens is 1. The number of hydrogen-bond donors (Lipinski definition) is 1. The summed E-state index contributed by atoms with van der Waals surface area (Å²) >= 11 is 0. The van der Waals surface area contributed by atoms with Gasteiger partial charge in [-0.3, -0.25) is 4.79 Å². The first kappa shape index (κ1) is 19.4. The summed E-state index contributed by atoms with van der Waals surface area (Å²) in [4.78, 5) is 16.0. The van der Waals surface area contributed by atoms with E-state index in [1.165, 1.54) is 18.3 Å². The molecular weight excluding hydrogens is 380 g/mol. The summed E-state index contributed by atoms with van der Waals surface area (Å²) < 4.78 is 61.0. The van der Waals surface area contributed by atoms with Gasteiger partial charge in [0.2, 0.25) is 5.91 Å². The Morgan fingerprint density at radius 2 is 1.93 bits per heavy atom. The second-order valence-corrected chi connectivity index (χ2v) is 5.67. The molecule has 0 saturated heterocycles. The Bertz CT molecular complexity index is 975. The maximum Gasteiger partial charge on any atom is 0.387 e. The van der Waals surface area contributed by atoms with Crippen molar-refractivity contribution in [2.45, 2.75) is 19.5 Å². The number of amides is 1. The molecule has 2 aromatic carbocycles. The molecule has 3 aromatic rings. The predicted octanol–water partition coefficient (Wildman–Crippen LogP) is 4.79. The zero-order valence-corrected chi connectivity index (χ0v) is 14.3. The molecule has 146 valence electrons. The molecule has 0 aliphatic carbocycles. The van der Waals surface area contributed by atoms with Gasteiger partial charge in [0.15, 0.2) is 23.2 Å². The van der Waals surface area contributed by atoms with Crippen LogP contribution < -0.4 is 10.1 Å². The summed E-state index contributed by atoms with van der Waals surface area (Å²) in [5.74, 6) is -2.09. The van der Waals surface area contributed by atoms with Crippen LogP contribution in [0.2, 0.25) is 0 Å². The van der Waals surface area contributed by atoms with Gasteiger partial charge in [-0.15, -0.1) is 0 Å². The number of nitrogens with zero attached hydrogens (tertiary/aromatic N) is 1. The quantitative estimate of drug-likeness (QED) is 0.585. The van der Waals surface area contributed by atoms with Crippen molar-refractivity contribution >= 4 is 11.6 Å². The van der Waals surface area contributed by atoms with Crippen molar-refractivity contribution in [3.63, 3.8) is 0 Å². The molecule has 5 nitrogen and oxygen atoms in total. The van der Waals surface area contributed by atoms with Gasteiger partial charge in [0.25, 0.3) is 0 Å². The van der Waals surface area contributed by atoms with Crippen LogP contribution in [0.1, 0.15) is 12.3 Å². The van der Waals surface area contributed by atoms with E-state index in [1.54, 1.807) is 18.2 Å². The molecule has 0 fully saturated rings. The third-order valence-electron chi connectivity index (χ3n) is 3.69. The third-order valence-corrected chi connectivity index (χ3v) is 3.69. The van der Waals surface area contributed by atoms with Crippen LogP contribution in [-0.4, -0.2) is 17.5 Å². The zero-order valence-electron chi connectivity index (χ0n) is 14.3. The fourth-order valence-electron chi connectivity index (χ4n) is 2.43. The van der Waals surface area contributed by atoms with E-state index < -0.39 is 29.9 Å². The predicted molar refractivity (Wildman–Crippen MR) is 91.9 cm³/mol. The Labute approximate surface area is 157 Å². The van der Waals surface area contributed by atoms with Crippen molar-refractivity contribution < 1.29 is 31.5 Å². The Morgan fingerprint density at radius 3 is 2.64 bits per heavy atom. The number of anilines is 1. The highest BCUT2D eigenvalue weighted by atomic mass is 19.3. The number of alkyl halides is 2. The first-order valence-corrected chi connectivity index (χ1v) is 8.16. The molecule has 0 aliphatic heterocycles. The minimum absolute atomic E-state index is 0.0336. The van der Waals surface area contributed by atoms with E-state index in [9.17, 15) is 22.4 Å². The largest absolute Gasteiger partial charge is 0.441 e. The number of carbonyl (C=O) groups is 1. The fourth-order valence-corrected chi connectivity index (χ4v) is 2.43. The van der Waals surface area contributed by atoms with Crippen molar-refractivity contribution in [3.8, 4) is 17.1 Å². The Kier molecular flexibility index (Phi) is 5.93. The fraction of sp³-hybridized carbons (Fsp3) is 0.158. The summed E-state index contributed by atoms with van der Waals surface area (Å²) in [5.41, 5.74) is 0.343. The summed E-state index contributed by atoms with van der Waals surface area (Å²) in [6, 6.07) is 9.15. The molecular formula is C19H14F4N2O3. The Morgan fingerprint density at radius 1 is 1.14 bits per heavy atom. The number of nitrogens with one attached hydrogen (secondary N) is 1. The molecule has 0 bridgehead atoms. The number of benzene rings is 2. The van der Waals surface area contributed by atoms with E-state index in [0.717, 1.165) is 12.1 Å². The second-order valence-electron chi connectivity index (χ2n) is 5.67. The lowest BCUT2D eigenvalue weighted by Crippen LogP contribution is -2.13. The van der Waals surface area contributed by atoms with Gasteiger partial charge in [0.1, 0.15) is 5.82 Å². The van der Waals surface area contributed by atoms with Crippen molar-refractivity contribution in [1.29, 1.82) is 0 Å². The summed E-state index contributed by atoms with van der Waals surface area (Å²) in [6.45, 7) is -3.15. The van der Waals surface area contributed by atoms with Crippen LogP contribution in [0.5, 0.6) is 5.75 Å². The van der Waals surface area contributed by atoms with Crippen LogP contribution in [0.25, 0.3) is 11.3 Å². The lowest BCUT2D eigenvalue weighted by atomic mass is 10.2. The lowest BCUT2D eigenvalue weighted by Gasteiger charge is -2.08. The van der Waals surface area contributed by atoms with E-state index in [0.29, 0.717) is 0 Å². The first-order chi connectivity index (χ1) is 13.4. The van der Waals surface area contributed by atoms with E-state index in [4.69, 9.17) is 4.42 Å². The molecule has 0 atom stereocenters. The van der Waals surface area contributed by atoms with Crippen LogP contribution >= 0.6 is 0 Å². The monoisotopic (exact) mass is 394 g/mol. The van der Waals surface area contributed by atoms with Crippen molar-refractivity contribution in [1.82, 2.24) is 4.98 Å². The second kappa shape index (κ2) is 8.55. The van der Waals surface area contributed by atoms with Crippen LogP contribution in [0.3, 0.4) is 0 Å². The van der Waals surface area contributed by atoms with Gasteiger partial charge in [-0.05, 0) is 24.3 Å². The van der Waals surface area contributed by atoms with Gasteiger partial charge in [-0.1, -0.05) is 12.1 Å². The number of rotatable bonds is 7. The number of aryl methyl sites for hydroxylation is 1. The Hall–Kier alpha value is -3.36. The van der Waals surface area contributed by atoms with Crippen molar-refractivity contribution in [3.05, 3.63) is 66.2 Å². The van der Waals surface area contributed by atoms with Crippen LogP contribution in [0, 0.1) is 11.6 Å². The summed E-state index contributed by atoms with van der Waals surface area (Å²) in [5, 5.41) is 2.43. The molecule has 1 amide bonds. The highest BCUT2D eigenvalue weighted by Crippen LogP contribution is 2.24. The maximum atomic E-state index is 13.7. The topological polar surface area (TPSA) is 64.4 Å². The summed E-state index contributed by atoms with van der Waals surface area (Å²) in [7, 11) is 0. The van der Waals surface area contributed by atoms with Crippen LogP contribution in [-0.2, 0) is 11.2 Å². The average Bonchev–Trinajstić information content (AvgIpc) is 3.11. The number of halogens is 4. The molecule has 0 aliphatic rings. The molecule has 1 N–H and O–H groups in total. The first-order valence-electron chi connectivity index (χ1n) is 8.16. The standard InChI is InChI=1S/C19H14F4N2O3/c20-13-4-2-1-3-12(13)16-10-24-18(27-16)8-7-17(26)25-11-5-6-15(14(21)9-11)28-19(22)23/h1-6,9-10,19H,7-8H2,(H,25,26). The molecule has 0 saturated carbocycles. The van der Waals surface area contributed by atoms with Crippen molar-refractivity contribution in [2.75, 3.05) is 5.32 Å². The third kappa shape index (κ3) is 4.87. The van der Waals surface area contributed by atoms with Crippen LogP contribution in [0.15, 0.2) is 53.1 Å². The number of oxazole rings is 1. The number of ether oxygens (including phenoxy) is 1. The number of hydrogen-bond acceptors (Lipinski definition) is 4. The molecule has 0 unspecified atom stereocenters. The van der Waals surface area contributed by atoms with Gasteiger partial charge in [0.05, 0.1) is 11.8 Å². The van der Waals surface area contributed by atoms with E-state index >= 15 is 0 Å². The van der Waals surface area contributed by atoms with Gasteiger partial charge in [0, 0.05) is 24.6 Å². The van der Waals surface area contributed by atoms with Crippen molar-refractivity contribution in [2.24, 2.45) is 0 Å². The molecule has 1 aromatic heterocycles. The van der Waals surface area contributed by atoms with Gasteiger partial charge >= 0.3 is 6.61 Å². The number of carbonyl (C=O) groups excluding carboxylic acids is 1. The Balaban J connectivity index is 1.56. The highest BCUT2D eigenvalue weighted by Gasteiger charge is 2.14. The molecule has 9 heteroatoms. The van der Waals surface area contributed by atoms with Gasteiger partial charge in [-0.2, -0.15) is 8.78 Å². The molecule has 0 radical (unpaired) electrons. The normalized spacial score (nSPS) is 10.9. The molecule has 28 heavy (non-hydrogen) atoms. The molecule has 1 heterocycles. The maximum absolute atomic E-state index is 13.7. The highest BCUT2D eigenvalue weighted by molar-refractivity contribution is 5.90. The van der Waals surface area contributed by atoms with Gasteiger partial charge in [-0.25, -0.2) is 13.8 Å². The lowest BCUT2D eigenvalue weighted by molar-refractivity contribution is -0.116. The minimum Gasteiger partial charge on any atom is -0.441 e. The van der Waals surface area contributed by atoms with E-state index in [2.05, 4.69) is 15.0 Å². The average molecular weight is 394 g/mol. The van der Waals surface area contributed by atoms with Gasteiger partial charge < -0.3 is 14.5 Å². The molecule has 3 rings (SSSR count).